The van der Waals surface area contributed by atoms with Crippen molar-refractivity contribution < 1.29 is 14.4 Å². The van der Waals surface area contributed by atoms with E-state index in [1.54, 1.807) is 6.07 Å². The number of benzene rings is 1. The summed E-state index contributed by atoms with van der Waals surface area (Å²) in [5, 5.41) is 7.79. The number of piperidine rings is 1. The van der Waals surface area contributed by atoms with Crippen molar-refractivity contribution in [2.75, 3.05) is 19.6 Å². The van der Waals surface area contributed by atoms with Crippen LogP contribution in [0.5, 0.6) is 0 Å². The lowest BCUT2D eigenvalue weighted by Gasteiger charge is -2.35. The van der Waals surface area contributed by atoms with E-state index in [-0.39, 0.29) is 23.6 Å². The first-order valence-electron chi connectivity index (χ1n) is 10.5. The number of rotatable bonds is 7. The summed E-state index contributed by atoms with van der Waals surface area (Å²) in [5.41, 5.74) is 1.45. The molecule has 30 heavy (non-hydrogen) atoms. The molecule has 3 amide bonds. The third-order valence-corrected chi connectivity index (χ3v) is 6.40. The highest BCUT2D eigenvalue weighted by molar-refractivity contribution is 7.12. The summed E-state index contributed by atoms with van der Waals surface area (Å²) in [6.45, 7) is 5.62. The molecule has 1 aromatic carbocycles. The van der Waals surface area contributed by atoms with Gasteiger partial charge in [0.15, 0.2) is 0 Å². The van der Waals surface area contributed by atoms with E-state index in [4.69, 9.17) is 0 Å². The second-order valence-corrected chi connectivity index (χ2v) is 8.61. The minimum atomic E-state index is -0.609. The normalized spacial score (nSPS) is 15.5. The van der Waals surface area contributed by atoms with Gasteiger partial charge in [0.05, 0.1) is 4.88 Å². The molecule has 6 nitrogen and oxygen atoms in total. The Kier molecular flexibility index (Phi) is 7.63. The Labute approximate surface area is 181 Å². The zero-order valence-electron chi connectivity index (χ0n) is 17.5. The molecule has 0 saturated carbocycles. The maximum absolute atomic E-state index is 12.9. The van der Waals surface area contributed by atoms with Gasteiger partial charge in [-0.25, -0.2) is 0 Å². The molecule has 1 aromatic heterocycles. The summed E-state index contributed by atoms with van der Waals surface area (Å²) in [5.74, 6) is -0.356. The summed E-state index contributed by atoms with van der Waals surface area (Å²) in [6, 6.07) is 10.5. The fraction of sp³-hybridized carbons (Fsp3) is 0.435. The van der Waals surface area contributed by atoms with Crippen LogP contribution in [0.15, 0.2) is 41.8 Å². The van der Waals surface area contributed by atoms with Crippen molar-refractivity contribution in [1.82, 2.24) is 15.5 Å². The Morgan fingerprint density at radius 2 is 1.87 bits per heavy atom. The molecule has 0 bridgehead atoms. The Morgan fingerprint density at radius 3 is 2.50 bits per heavy atom. The monoisotopic (exact) mass is 427 g/mol. The SMILES string of the molecule is CCCNC(=O)C(NC(=O)c1ccccc1C)C1CCN(C(=O)c2cccs2)CC1. The minimum Gasteiger partial charge on any atom is -0.354 e. The zero-order valence-corrected chi connectivity index (χ0v) is 18.3. The van der Waals surface area contributed by atoms with Crippen molar-refractivity contribution in [3.8, 4) is 0 Å². The summed E-state index contributed by atoms with van der Waals surface area (Å²) in [6.07, 6.45) is 2.18. The van der Waals surface area contributed by atoms with Gasteiger partial charge in [-0.05, 0) is 55.2 Å². The molecule has 7 heteroatoms. The first-order chi connectivity index (χ1) is 14.5. The number of hydrogen-bond donors (Lipinski definition) is 2. The van der Waals surface area contributed by atoms with E-state index in [1.807, 2.05) is 54.5 Å². The largest absolute Gasteiger partial charge is 0.354 e. The molecule has 1 aliphatic rings. The Hall–Kier alpha value is -2.67. The maximum atomic E-state index is 12.9. The van der Waals surface area contributed by atoms with Gasteiger partial charge in [0.1, 0.15) is 6.04 Å². The van der Waals surface area contributed by atoms with E-state index in [9.17, 15) is 14.4 Å². The number of aryl methyl sites for hydroxylation is 1. The second-order valence-electron chi connectivity index (χ2n) is 7.66. The fourth-order valence-corrected chi connectivity index (χ4v) is 4.49. The third-order valence-electron chi connectivity index (χ3n) is 5.54. The molecule has 160 valence electrons. The van der Waals surface area contributed by atoms with Gasteiger partial charge in [-0.1, -0.05) is 31.2 Å². The molecule has 1 fully saturated rings. The standard InChI is InChI=1S/C23H29N3O3S/c1-3-12-24-22(28)20(25-21(27)18-8-5-4-7-16(18)2)17-10-13-26(14-11-17)23(29)19-9-6-15-30-19/h4-9,15,17,20H,3,10-14H2,1-2H3,(H,24,28)(H,25,27). The van der Waals surface area contributed by atoms with Crippen LogP contribution in [0.4, 0.5) is 0 Å². The zero-order chi connectivity index (χ0) is 21.5. The number of likely N-dealkylation sites (tertiary alicyclic amines) is 1. The van der Waals surface area contributed by atoms with Crippen molar-refractivity contribution in [1.29, 1.82) is 0 Å². The molecule has 0 aliphatic carbocycles. The van der Waals surface area contributed by atoms with Crippen LogP contribution >= 0.6 is 11.3 Å². The highest BCUT2D eigenvalue weighted by Crippen LogP contribution is 2.24. The molecule has 2 heterocycles. The maximum Gasteiger partial charge on any atom is 0.263 e. The van der Waals surface area contributed by atoms with E-state index in [0.717, 1.165) is 16.9 Å². The van der Waals surface area contributed by atoms with Gasteiger partial charge < -0.3 is 15.5 Å². The molecule has 0 radical (unpaired) electrons. The van der Waals surface area contributed by atoms with Crippen LogP contribution in [0.2, 0.25) is 0 Å². The Bertz CT molecular complexity index is 874. The summed E-state index contributed by atoms with van der Waals surface area (Å²) < 4.78 is 0. The van der Waals surface area contributed by atoms with Crippen molar-refractivity contribution >= 4 is 29.1 Å². The van der Waals surface area contributed by atoms with Crippen molar-refractivity contribution in [2.45, 2.75) is 39.2 Å². The van der Waals surface area contributed by atoms with Gasteiger partial charge >= 0.3 is 0 Å². The topological polar surface area (TPSA) is 78.5 Å². The number of carbonyl (C=O) groups is 3. The molecule has 2 aromatic rings. The van der Waals surface area contributed by atoms with Gasteiger partial charge in [0.25, 0.3) is 11.8 Å². The highest BCUT2D eigenvalue weighted by Gasteiger charge is 2.34. The predicted octanol–water partition coefficient (Wildman–Crippen LogP) is 3.23. The number of nitrogens with zero attached hydrogens (tertiary/aromatic N) is 1. The minimum absolute atomic E-state index is 0.0118. The predicted molar refractivity (Wildman–Crippen MR) is 119 cm³/mol. The molecule has 3 rings (SSSR count). The number of amides is 3. The van der Waals surface area contributed by atoms with Crippen molar-refractivity contribution in [3.63, 3.8) is 0 Å². The summed E-state index contributed by atoms with van der Waals surface area (Å²) in [4.78, 5) is 40.9. The van der Waals surface area contributed by atoms with Gasteiger partial charge in [0.2, 0.25) is 5.91 Å². The van der Waals surface area contributed by atoms with Crippen LogP contribution in [0.3, 0.4) is 0 Å². The van der Waals surface area contributed by atoms with Gasteiger partial charge in [-0.15, -0.1) is 11.3 Å². The smallest absolute Gasteiger partial charge is 0.263 e. The van der Waals surface area contributed by atoms with Crippen LogP contribution in [-0.2, 0) is 4.79 Å². The number of thiophene rings is 1. The van der Waals surface area contributed by atoms with Gasteiger partial charge in [0, 0.05) is 25.2 Å². The number of carbonyl (C=O) groups excluding carboxylic acids is 3. The molecular weight excluding hydrogens is 398 g/mol. The molecular formula is C23H29N3O3S. The molecule has 0 spiro atoms. The van der Waals surface area contributed by atoms with Gasteiger partial charge in [-0.2, -0.15) is 0 Å². The molecule has 1 atom stereocenters. The first-order valence-corrected chi connectivity index (χ1v) is 11.4. The van der Waals surface area contributed by atoms with Crippen molar-refractivity contribution in [2.24, 2.45) is 5.92 Å². The quantitative estimate of drug-likeness (QED) is 0.712. The fourth-order valence-electron chi connectivity index (χ4n) is 3.79. The average molecular weight is 428 g/mol. The Balaban J connectivity index is 1.68. The lowest BCUT2D eigenvalue weighted by Crippen LogP contribution is -2.54. The average Bonchev–Trinajstić information content (AvgIpc) is 3.30. The molecule has 2 N–H and O–H groups in total. The molecule has 1 aliphatic heterocycles. The number of nitrogens with one attached hydrogen (secondary N) is 2. The first kappa shape index (κ1) is 22.0. The summed E-state index contributed by atoms with van der Waals surface area (Å²) in [7, 11) is 0. The van der Waals surface area contributed by atoms with E-state index in [2.05, 4.69) is 10.6 Å². The lowest BCUT2D eigenvalue weighted by atomic mass is 9.88. The van der Waals surface area contributed by atoms with Crippen LogP contribution in [-0.4, -0.2) is 48.3 Å². The van der Waals surface area contributed by atoms with E-state index >= 15 is 0 Å². The van der Waals surface area contributed by atoms with Crippen LogP contribution in [0.1, 0.15) is 51.8 Å². The second kappa shape index (κ2) is 10.4. The van der Waals surface area contributed by atoms with Crippen LogP contribution in [0, 0.1) is 12.8 Å². The van der Waals surface area contributed by atoms with Crippen molar-refractivity contribution in [3.05, 3.63) is 57.8 Å². The van der Waals surface area contributed by atoms with E-state index in [0.29, 0.717) is 38.0 Å². The van der Waals surface area contributed by atoms with Crippen LogP contribution in [0.25, 0.3) is 0 Å². The lowest BCUT2D eigenvalue weighted by molar-refractivity contribution is -0.124. The van der Waals surface area contributed by atoms with E-state index < -0.39 is 6.04 Å². The third kappa shape index (κ3) is 5.27. The summed E-state index contributed by atoms with van der Waals surface area (Å²) >= 11 is 1.44. The Morgan fingerprint density at radius 1 is 1.13 bits per heavy atom. The van der Waals surface area contributed by atoms with Crippen LogP contribution < -0.4 is 10.6 Å². The van der Waals surface area contributed by atoms with E-state index in [1.165, 1.54) is 11.3 Å². The molecule has 1 saturated heterocycles. The van der Waals surface area contributed by atoms with Gasteiger partial charge in [-0.3, -0.25) is 14.4 Å². The number of hydrogen-bond acceptors (Lipinski definition) is 4. The highest BCUT2D eigenvalue weighted by atomic mass is 32.1. The molecule has 1 unspecified atom stereocenters.